The van der Waals surface area contributed by atoms with Crippen LogP contribution in [0.25, 0.3) is 0 Å². The highest BCUT2D eigenvalue weighted by atomic mass is 16.6. The third kappa shape index (κ3) is 8.88. The van der Waals surface area contributed by atoms with Crippen molar-refractivity contribution >= 4 is 11.9 Å². The van der Waals surface area contributed by atoms with Gasteiger partial charge in [-0.15, -0.1) is 0 Å². The Morgan fingerprint density at radius 2 is 2.00 bits per heavy atom. The van der Waals surface area contributed by atoms with E-state index in [1.807, 2.05) is 20.8 Å². The first-order chi connectivity index (χ1) is 16.3. The summed E-state index contributed by atoms with van der Waals surface area (Å²) in [7, 11) is 0. The molecule has 1 aliphatic carbocycles. The molecule has 1 aliphatic rings. The van der Waals surface area contributed by atoms with E-state index in [0.29, 0.717) is 17.4 Å². The summed E-state index contributed by atoms with van der Waals surface area (Å²) in [6.45, 7) is 5.71. The van der Waals surface area contributed by atoms with Gasteiger partial charge in [0.1, 0.15) is 11.3 Å². The molecule has 0 spiro atoms. The van der Waals surface area contributed by atoms with Crippen LogP contribution in [0.5, 0.6) is 0 Å². The molecule has 8 nitrogen and oxygen atoms in total. The number of ether oxygens (including phenoxy) is 1. The predicted molar refractivity (Wildman–Crippen MR) is 130 cm³/mol. The van der Waals surface area contributed by atoms with Gasteiger partial charge in [0.05, 0.1) is 13.0 Å². The largest absolute Gasteiger partial charge is 0.460 e. The Morgan fingerprint density at radius 1 is 1.21 bits per heavy atom. The summed E-state index contributed by atoms with van der Waals surface area (Å²) in [5.41, 5.74) is -0.217. The van der Waals surface area contributed by atoms with Gasteiger partial charge in [0.2, 0.25) is 5.89 Å². The van der Waals surface area contributed by atoms with E-state index in [9.17, 15) is 9.59 Å². The third-order valence-corrected chi connectivity index (χ3v) is 6.11. The van der Waals surface area contributed by atoms with Crippen molar-refractivity contribution in [3.8, 4) is 0 Å². The van der Waals surface area contributed by atoms with Crippen LogP contribution in [0.3, 0.4) is 0 Å². The van der Waals surface area contributed by atoms with Gasteiger partial charge in [0, 0.05) is 13.5 Å². The van der Waals surface area contributed by atoms with Crippen molar-refractivity contribution in [1.29, 1.82) is 0 Å². The molecular formula is C26H40N4O4. The molecule has 0 unspecified atom stereocenters. The smallest absolute Gasteiger partial charge is 0.307 e. The van der Waals surface area contributed by atoms with Gasteiger partial charge in [-0.3, -0.25) is 14.6 Å². The fraction of sp³-hybridized carbons (Fsp3) is 0.654. The topological polar surface area (TPSA) is 107 Å². The molecule has 0 aromatic carbocycles. The van der Waals surface area contributed by atoms with E-state index >= 15 is 0 Å². The summed E-state index contributed by atoms with van der Waals surface area (Å²) in [5.74, 6) is 0.860. The van der Waals surface area contributed by atoms with E-state index in [1.54, 1.807) is 24.4 Å². The molecule has 8 heteroatoms. The van der Waals surface area contributed by atoms with E-state index in [1.165, 1.54) is 38.5 Å². The van der Waals surface area contributed by atoms with Gasteiger partial charge in [-0.1, -0.05) is 62.6 Å². The van der Waals surface area contributed by atoms with Crippen molar-refractivity contribution in [3.05, 3.63) is 41.8 Å². The molecule has 0 saturated heterocycles. The van der Waals surface area contributed by atoms with Crippen LogP contribution in [0.1, 0.15) is 115 Å². The van der Waals surface area contributed by atoms with Crippen molar-refractivity contribution in [2.24, 2.45) is 5.92 Å². The van der Waals surface area contributed by atoms with Crippen LogP contribution in [-0.4, -0.2) is 32.6 Å². The minimum atomic E-state index is -0.543. The zero-order chi connectivity index (χ0) is 24.4. The summed E-state index contributed by atoms with van der Waals surface area (Å²) in [5, 5.41) is 6.76. The van der Waals surface area contributed by atoms with E-state index < -0.39 is 5.60 Å². The number of carbonyl (C=O) groups is 2. The number of hydrogen-bond donors (Lipinski definition) is 1. The molecule has 0 aliphatic heterocycles. The lowest BCUT2D eigenvalue weighted by Gasteiger charge is -2.22. The number of pyridine rings is 1. The monoisotopic (exact) mass is 472 g/mol. The van der Waals surface area contributed by atoms with Gasteiger partial charge in [-0.05, 0) is 45.2 Å². The molecule has 1 atom stereocenters. The number of aromatic nitrogens is 3. The summed E-state index contributed by atoms with van der Waals surface area (Å²) < 4.78 is 11.0. The third-order valence-electron chi connectivity index (χ3n) is 6.11. The Hall–Kier alpha value is -2.77. The highest BCUT2D eigenvalue weighted by Gasteiger charge is 2.26. The number of amides is 1. The molecule has 1 amide bonds. The Morgan fingerprint density at radius 3 is 2.71 bits per heavy atom. The van der Waals surface area contributed by atoms with Crippen LogP contribution in [-0.2, 0) is 16.1 Å². The average Bonchev–Trinajstić information content (AvgIpc) is 3.28. The fourth-order valence-corrected chi connectivity index (χ4v) is 4.45. The van der Waals surface area contributed by atoms with E-state index in [-0.39, 0.29) is 32.2 Å². The molecule has 1 N–H and O–H groups in total. The number of nitrogens with one attached hydrogen (secondary N) is 1. The lowest BCUT2D eigenvalue weighted by atomic mass is 9.85. The number of rotatable bonds is 11. The molecule has 2 aromatic rings. The molecule has 2 aromatic heterocycles. The van der Waals surface area contributed by atoms with Gasteiger partial charge in [0.25, 0.3) is 5.91 Å². The zero-order valence-electron chi connectivity index (χ0n) is 20.7. The second-order valence-electron chi connectivity index (χ2n) is 10.2. The van der Waals surface area contributed by atoms with Crippen molar-refractivity contribution in [1.82, 2.24) is 20.4 Å². The Bertz CT molecular complexity index is 908. The quantitative estimate of drug-likeness (QED) is 0.335. The number of hydrogen-bond acceptors (Lipinski definition) is 7. The van der Waals surface area contributed by atoms with E-state index in [4.69, 9.17) is 9.26 Å². The standard InChI is InChI=1S/C26H38N4O4.H2/c1-26(2,3)33-23(31)17-20(14-8-7-13-19-11-5-4-6-12-19)25-29-22(30-34-25)18-28-24(32)21-15-9-10-16-27-21;/h9-10,15-16,19-20H,4-8,11-14,17-18H2,1-3H3,(H,28,32);1H/t20-;/m1./s1. The van der Waals surface area contributed by atoms with Crippen LogP contribution < -0.4 is 5.32 Å². The molecule has 3 rings (SSSR count). The first kappa shape index (κ1) is 25.8. The number of unbranched alkanes of at least 4 members (excludes halogenated alkanes) is 1. The summed E-state index contributed by atoms with van der Waals surface area (Å²) in [4.78, 5) is 33.3. The van der Waals surface area contributed by atoms with E-state index in [2.05, 4.69) is 20.4 Å². The van der Waals surface area contributed by atoms with Gasteiger partial charge in [-0.2, -0.15) is 4.98 Å². The second kappa shape index (κ2) is 12.6. The first-order valence-corrected chi connectivity index (χ1v) is 12.5. The van der Waals surface area contributed by atoms with Gasteiger partial charge < -0.3 is 14.6 Å². The highest BCUT2D eigenvalue weighted by Crippen LogP contribution is 2.30. The van der Waals surface area contributed by atoms with Crippen LogP contribution >= 0.6 is 0 Å². The summed E-state index contributed by atoms with van der Waals surface area (Å²) in [6.07, 6.45) is 12.7. The fourth-order valence-electron chi connectivity index (χ4n) is 4.45. The Kier molecular flexibility index (Phi) is 9.60. The highest BCUT2D eigenvalue weighted by molar-refractivity contribution is 5.92. The lowest BCUT2D eigenvalue weighted by molar-refractivity contribution is -0.155. The van der Waals surface area contributed by atoms with Crippen LogP contribution in [0.2, 0.25) is 0 Å². The molecule has 188 valence electrons. The molecule has 34 heavy (non-hydrogen) atoms. The number of esters is 1. The van der Waals surface area contributed by atoms with Crippen molar-refractivity contribution in [2.45, 2.75) is 103 Å². The van der Waals surface area contributed by atoms with Crippen molar-refractivity contribution < 1.29 is 20.3 Å². The number of nitrogens with zero attached hydrogens (tertiary/aromatic N) is 3. The first-order valence-electron chi connectivity index (χ1n) is 12.5. The molecule has 1 fully saturated rings. The van der Waals surface area contributed by atoms with E-state index in [0.717, 1.165) is 25.2 Å². The van der Waals surface area contributed by atoms with Gasteiger partial charge in [0.15, 0.2) is 5.82 Å². The van der Waals surface area contributed by atoms with Crippen molar-refractivity contribution in [3.63, 3.8) is 0 Å². The molecule has 2 heterocycles. The molecule has 0 bridgehead atoms. The minimum absolute atomic E-state index is 0. The number of carbonyl (C=O) groups excluding carboxylic acids is 2. The summed E-state index contributed by atoms with van der Waals surface area (Å²) in [6, 6.07) is 5.15. The lowest BCUT2D eigenvalue weighted by Crippen LogP contribution is -2.25. The van der Waals surface area contributed by atoms with Crippen LogP contribution in [0, 0.1) is 5.92 Å². The molecule has 0 radical (unpaired) electrons. The second-order valence-corrected chi connectivity index (χ2v) is 10.2. The van der Waals surface area contributed by atoms with Crippen LogP contribution in [0.15, 0.2) is 28.9 Å². The maximum Gasteiger partial charge on any atom is 0.307 e. The normalized spacial score (nSPS) is 15.6. The minimum Gasteiger partial charge on any atom is -0.460 e. The zero-order valence-corrected chi connectivity index (χ0v) is 20.7. The SMILES string of the molecule is CC(C)(C)OC(=O)C[C@@H](CCCCC1CCCCC1)c1nc(CNC(=O)c2ccccn2)no1.[HH]. The van der Waals surface area contributed by atoms with Crippen molar-refractivity contribution in [2.75, 3.05) is 0 Å². The Balaban J connectivity index is 0.00000432. The maximum absolute atomic E-state index is 12.5. The predicted octanol–water partition coefficient (Wildman–Crippen LogP) is 5.60. The molecule has 1 saturated carbocycles. The van der Waals surface area contributed by atoms with Crippen LogP contribution in [0.4, 0.5) is 0 Å². The van der Waals surface area contributed by atoms with Gasteiger partial charge >= 0.3 is 5.97 Å². The Labute approximate surface area is 203 Å². The van der Waals surface area contributed by atoms with Gasteiger partial charge in [-0.25, -0.2) is 0 Å². The molecular weight excluding hydrogens is 432 g/mol. The average molecular weight is 473 g/mol. The maximum atomic E-state index is 12.5. The summed E-state index contributed by atoms with van der Waals surface area (Å²) >= 11 is 0.